The van der Waals surface area contributed by atoms with E-state index in [0.29, 0.717) is 0 Å². The molecule has 0 bridgehead atoms. The quantitative estimate of drug-likeness (QED) is 0.173. The van der Waals surface area contributed by atoms with Crippen molar-refractivity contribution in [2.45, 2.75) is 13.8 Å². The summed E-state index contributed by atoms with van der Waals surface area (Å²) in [5, 5.41) is 0. The first-order valence-corrected chi connectivity index (χ1v) is 16.7. The molecule has 3 aromatic heterocycles. The minimum atomic E-state index is 0.730. The second kappa shape index (κ2) is 13.5. The molecule has 0 aliphatic carbocycles. The van der Waals surface area contributed by atoms with Crippen molar-refractivity contribution in [3.8, 4) is 78.7 Å². The molecule has 0 spiro atoms. The van der Waals surface area contributed by atoms with Gasteiger partial charge in [0.1, 0.15) is 0 Å². The van der Waals surface area contributed by atoms with E-state index >= 15 is 0 Å². The fraction of sp³-hybridized carbons (Fsp3) is 0.0444. The van der Waals surface area contributed by atoms with Crippen LogP contribution in [0.5, 0.6) is 0 Å². The van der Waals surface area contributed by atoms with Crippen LogP contribution >= 0.6 is 0 Å². The molecule has 8 rings (SSSR count). The largest absolute Gasteiger partial charge is 0.264 e. The number of aryl methyl sites for hydroxylation is 2. The fourth-order valence-electron chi connectivity index (χ4n) is 6.26. The number of benzene rings is 5. The van der Waals surface area contributed by atoms with Gasteiger partial charge in [-0.25, -0.2) is 19.9 Å². The zero-order valence-electron chi connectivity index (χ0n) is 27.8. The van der Waals surface area contributed by atoms with Crippen molar-refractivity contribution < 1.29 is 0 Å². The summed E-state index contributed by atoms with van der Waals surface area (Å²) in [7, 11) is 0. The van der Waals surface area contributed by atoms with E-state index in [1.807, 2.05) is 105 Å². The third-order valence-electron chi connectivity index (χ3n) is 8.77. The second-order valence-electron chi connectivity index (χ2n) is 12.3. The lowest BCUT2D eigenvalue weighted by molar-refractivity contribution is 1.11. The van der Waals surface area contributed by atoms with Gasteiger partial charge in [0.05, 0.1) is 11.4 Å². The van der Waals surface area contributed by atoms with Gasteiger partial charge >= 0.3 is 0 Å². The zero-order valence-corrected chi connectivity index (χ0v) is 27.8. The third-order valence-corrected chi connectivity index (χ3v) is 8.77. The van der Waals surface area contributed by atoms with Crippen molar-refractivity contribution in [1.29, 1.82) is 0 Å². The first-order valence-electron chi connectivity index (χ1n) is 16.7. The Labute approximate surface area is 292 Å². The highest BCUT2D eigenvalue weighted by Gasteiger charge is 2.13. The molecule has 238 valence electrons. The summed E-state index contributed by atoms with van der Waals surface area (Å²) in [5.41, 5.74) is 14.5. The Morgan fingerprint density at radius 1 is 0.340 bits per heavy atom. The molecule has 8 aromatic rings. The van der Waals surface area contributed by atoms with Gasteiger partial charge in [0.15, 0.2) is 11.6 Å². The average Bonchev–Trinajstić information content (AvgIpc) is 3.18. The van der Waals surface area contributed by atoms with Gasteiger partial charge in [0.25, 0.3) is 0 Å². The SMILES string of the molecule is Cc1cc(-c2ccc(-c3ccc(-c4cccnc4)c(-c4ccc(-c5cc(C)nc(-c6ccccc6)n5)cc4)c3)cc2)nc(-c2ccccc2)n1. The van der Waals surface area contributed by atoms with Gasteiger partial charge in [-0.1, -0.05) is 127 Å². The lowest BCUT2D eigenvalue weighted by atomic mass is 9.91. The van der Waals surface area contributed by atoms with E-state index < -0.39 is 0 Å². The molecule has 0 amide bonds. The van der Waals surface area contributed by atoms with Crippen LogP contribution in [0.1, 0.15) is 11.4 Å². The molecule has 0 aliphatic rings. The molecular weight excluding hydrogens is 611 g/mol. The summed E-state index contributed by atoms with van der Waals surface area (Å²) < 4.78 is 0. The highest BCUT2D eigenvalue weighted by Crippen LogP contribution is 2.37. The van der Waals surface area contributed by atoms with Gasteiger partial charge in [0, 0.05) is 51.6 Å². The zero-order chi connectivity index (χ0) is 33.9. The molecule has 50 heavy (non-hydrogen) atoms. The van der Waals surface area contributed by atoms with Crippen LogP contribution in [0, 0.1) is 13.8 Å². The van der Waals surface area contributed by atoms with E-state index in [0.717, 1.165) is 90.1 Å². The van der Waals surface area contributed by atoms with Gasteiger partial charge in [-0.3, -0.25) is 4.98 Å². The fourth-order valence-corrected chi connectivity index (χ4v) is 6.26. The minimum absolute atomic E-state index is 0.730. The molecule has 3 heterocycles. The van der Waals surface area contributed by atoms with E-state index in [1.165, 1.54) is 0 Å². The standard InChI is InChI=1S/C45H33N5/c1-30-26-42(49-44(47-30)36-10-5-3-6-11-36)34-19-15-32(16-20-34)38-23-24-40(39-14-9-25-46-29-39)41(28-38)33-17-21-35(22-18-33)43-27-31(2)48-45(50-43)37-12-7-4-8-13-37/h3-29H,1-2H3. The summed E-state index contributed by atoms with van der Waals surface area (Å²) in [6.45, 7) is 4.03. The lowest BCUT2D eigenvalue weighted by Crippen LogP contribution is -1.95. The smallest absolute Gasteiger partial charge is 0.160 e. The predicted molar refractivity (Wildman–Crippen MR) is 203 cm³/mol. The predicted octanol–water partition coefficient (Wildman–Crippen LogP) is 10.9. The first kappa shape index (κ1) is 30.7. The average molecular weight is 644 g/mol. The summed E-state index contributed by atoms with van der Waals surface area (Å²) in [6.07, 6.45) is 3.73. The topological polar surface area (TPSA) is 64.5 Å². The molecule has 0 fully saturated rings. The van der Waals surface area contributed by atoms with Crippen molar-refractivity contribution in [1.82, 2.24) is 24.9 Å². The number of rotatable bonds is 7. The van der Waals surface area contributed by atoms with Crippen molar-refractivity contribution >= 4 is 0 Å². The molecule has 0 N–H and O–H groups in total. The van der Waals surface area contributed by atoms with Crippen LogP contribution in [0.2, 0.25) is 0 Å². The van der Waals surface area contributed by atoms with Gasteiger partial charge < -0.3 is 0 Å². The second-order valence-corrected chi connectivity index (χ2v) is 12.3. The molecular formula is C45H33N5. The summed E-state index contributed by atoms with van der Waals surface area (Å²) in [5.74, 6) is 1.46. The molecule has 0 unspecified atom stereocenters. The molecule has 5 nitrogen and oxygen atoms in total. The van der Waals surface area contributed by atoms with Crippen LogP contribution in [0.25, 0.3) is 78.7 Å². The Hall–Kier alpha value is -6.59. The first-order chi connectivity index (χ1) is 24.6. The van der Waals surface area contributed by atoms with E-state index in [2.05, 4.69) is 82.8 Å². The molecule has 0 aliphatic heterocycles. The molecule has 0 saturated carbocycles. The minimum Gasteiger partial charge on any atom is -0.264 e. The third kappa shape index (κ3) is 6.45. The van der Waals surface area contributed by atoms with Gasteiger partial charge in [-0.15, -0.1) is 0 Å². The Morgan fingerprint density at radius 3 is 1.34 bits per heavy atom. The Bertz CT molecular complexity index is 2410. The number of aromatic nitrogens is 5. The number of hydrogen-bond donors (Lipinski definition) is 0. The molecule has 0 saturated heterocycles. The van der Waals surface area contributed by atoms with Crippen LogP contribution in [-0.2, 0) is 0 Å². The molecule has 0 radical (unpaired) electrons. The van der Waals surface area contributed by atoms with Gasteiger partial charge in [-0.05, 0) is 65.9 Å². The summed E-state index contributed by atoms with van der Waals surface area (Å²) >= 11 is 0. The van der Waals surface area contributed by atoms with Crippen molar-refractivity contribution in [2.75, 3.05) is 0 Å². The Balaban J connectivity index is 1.14. The highest BCUT2D eigenvalue weighted by molar-refractivity contribution is 5.88. The monoisotopic (exact) mass is 643 g/mol. The van der Waals surface area contributed by atoms with Crippen LogP contribution in [0.3, 0.4) is 0 Å². The molecule has 0 atom stereocenters. The van der Waals surface area contributed by atoms with Crippen molar-refractivity contribution in [3.05, 3.63) is 175 Å². The van der Waals surface area contributed by atoms with Gasteiger partial charge in [0.2, 0.25) is 0 Å². The number of nitrogens with zero attached hydrogens (tertiary/aromatic N) is 5. The van der Waals surface area contributed by atoms with Gasteiger partial charge in [-0.2, -0.15) is 0 Å². The maximum atomic E-state index is 4.92. The maximum Gasteiger partial charge on any atom is 0.160 e. The highest BCUT2D eigenvalue weighted by atomic mass is 14.9. The Morgan fingerprint density at radius 2 is 0.820 bits per heavy atom. The van der Waals surface area contributed by atoms with E-state index in [1.54, 1.807) is 0 Å². The van der Waals surface area contributed by atoms with Crippen LogP contribution in [-0.4, -0.2) is 24.9 Å². The van der Waals surface area contributed by atoms with E-state index in [-0.39, 0.29) is 0 Å². The van der Waals surface area contributed by atoms with E-state index in [4.69, 9.17) is 15.0 Å². The molecule has 5 aromatic carbocycles. The van der Waals surface area contributed by atoms with E-state index in [9.17, 15) is 0 Å². The number of hydrogen-bond acceptors (Lipinski definition) is 5. The summed E-state index contributed by atoms with van der Waals surface area (Å²) in [6, 6.07) is 52.3. The van der Waals surface area contributed by atoms with Crippen LogP contribution in [0.15, 0.2) is 164 Å². The lowest BCUT2D eigenvalue weighted by Gasteiger charge is -2.14. The van der Waals surface area contributed by atoms with Crippen LogP contribution in [0.4, 0.5) is 0 Å². The Kier molecular flexibility index (Phi) is 8.29. The maximum absolute atomic E-state index is 4.92. The summed E-state index contributed by atoms with van der Waals surface area (Å²) in [4.78, 5) is 23.6. The normalized spacial score (nSPS) is 11.0. The molecule has 5 heteroatoms. The van der Waals surface area contributed by atoms with Crippen LogP contribution < -0.4 is 0 Å². The van der Waals surface area contributed by atoms with Crippen molar-refractivity contribution in [3.63, 3.8) is 0 Å². The number of pyridine rings is 1. The van der Waals surface area contributed by atoms with Crippen molar-refractivity contribution in [2.24, 2.45) is 0 Å².